The quantitative estimate of drug-likeness (QED) is 0.0530. The largest absolute Gasteiger partial charge is 0.390 e. The summed E-state index contributed by atoms with van der Waals surface area (Å²) in [6, 6.07) is -1.13. The van der Waals surface area contributed by atoms with E-state index in [2.05, 4.69) is 161 Å². The predicted octanol–water partition coefficient (Wildman–Crippen LogP) is 2.10. The molecule has 1 fully saturated rings. The van der Waals surface area contributed by atoms with E-state index in [9.17, 15) is 30.3 Å². The minimum atomic E-state index is -1.61. The third-order valence-electron chi connectivity index (χ3n) is 8.45. The number of hydrogen-bond acceptors (Lipinski definition) is 9. The van der Waals surface area contributed by atoms with Crippen LogP contribution in [0.3, 0.4) is 0 Å². The number of unbranched alkanes of at least 4 members (excludes halogenated alkanes) is 11. The van der Waals surface area contributed by atoms with E-state index >= 15 is 0 Å². The molecule has 0 aromatic heterocycles. The zero-order valence-corrected chi connectivity index (χ0v) is 34.8. The van der Waals surface area contributed by atoms with Crippen molar-refractivity contribution < 1.29 is 39.8 Å². The van der Waals surface area contributed by atoms with Crippen LogP contribution in [-0.4, -0.2) is 92.8 Å². The van der Waals surface area contributed by atoms with Gasteiger partial charge in [0.05, 0.1) is 31.3 Å². The first-order chi connectivity index (χ1) is 29.3. The summed E-state index contributed by atoms with van der Waals surface area (Å²) >= 11 is 4.11. The van der Waals surface area contributed by atoms with Crippen LogP contribution in [0.15, 0.2) is 0 Å². The maximum absolute atomic E-state index is 12.8. The molecule has 310 valence electrons. The lowest BCUT2D eigenvalue weighted by Crippen LogP contribution is -2.60. The van der Waals surface area contributed by atoms with Crippen LogP contribution in [0.4, 0.5) is 0 Å². The number of ether oxygens (including phenoxy) is 2. The van der Waals surface area contributed by atoms with Gasteiger partial charge in [0.15, 0.2) is 6.29 Å². The van der Waals surface area contributed by atoms with E-state index in [1.54, 1.807) is 0 Å². The first-order valence-electron chi connectivity index (χ1n) is 19.8. The minimum absolute atomic E-state index is 0.0351. The van der Waals surface area contributed by atoms with Gasteiger partial charge in [0.25, 0.3) is 0 Å². The van der Waals surface area contributed by atoms with Crippen LogP contribution in [0, 0.1) is 143 Å². The van der Waals surface area contributed by atoms with Crippen molar-refractivity contribution in [2.45, 2.75) is 146 Å². The van der Waals surface area contributed by atoms with Gasteiger partial charge in [-0.3, -0.25) is 4.79 Å². The Morgan fingerprint density at radius 3 is 1.48 bits per heavy atom. The van der Waals surface area contributed by atoms with Crippen LogP contribution in [0.1, 0.15) is 96.8 Å². The van der Waals surface area contributed by atoms with Gasteiger partial charge in [-0.05, 0) is 101 Å². The average molecular weight is 826 g/mol. The molecule has 1 saturated heterocycles. The van der Waals surface area contributed by atoms with Gasteiger partial charge in [-0.15, -0.1) is 6.42 Å². The van der Waals surface area contributed by atoms with Crippen molar-refractivity contribution in [1.29, 1.82) is 0 Å². The molecule has 0 spiro atoms. The minimum Gasteiger partial charge on any atom is -0.390 e. The van der Waals surface area contributed by atoms with Crippen molar-refractivity contribution in [3.63, 3.8) is 0 Å². The lowest BCUT2D eigenvalue weighted by molar-refractivity contribution is -0.294. The maximum Gasteiger partial charge on any atom is 0.232 e. The first kappa shape index (κ1) is 52.3. The fourth-order valence-corrected chi connectivity index (χ4v) is 5.62. The molecule has 1 aliphatic rings. The molecule has 0 aliphatic carbocycles. The molecule has 0 aromatic rings. The molecule has 0 saturated carbocycles. The molecule has 1 aliphatic heterocycles. The van der Waals surface area contributed by atoms with Crippen LogP contribution in [0.2, 0.25) is 0 Å². The molecule has 10 heteroatoms. The number of terminal acetylenes is 1. The fraction of sp³-hybridized carbons (Fsp3) is 0.500. The molecular formula is C50H51NO8S. The highest BCUT2D eigenvalue weighted by Crippen LogP contribution is 2.23. The monoisotopic (exact) mass is 825 g/mol. The van der Waals surface area contributed by atoms with Crippen molar-refractivity contribution in [2.24, 2.45) is 0 Å². The number of aliphatic hydroxyl groups is 5. The molecule has 1 amide bonds. The number of amides is 1. The molecule has 8 atom stereocenters. The number of carbonyl (C=O) groups is 1. The number of hydrogen-bond donors (Lipinski definition) is 7. The summed E-state index contributed by atoms with van der Waals surface area (Å²) in [7, 11) is 0. The van der Waals surface area contributed by atoms with Gasteiger partial charge in [0.1, 0.15) is 24.4 Å². The predicted molar refractivity (Wildman–Crippen MR) is 235 cm³/mol. The highest BCUT2D eigenvalue weighted by atomic mass is 32.1. The van der Waals surface area contributed by atoms with Crippen molar-refractivity contribution in [3.8, 4) is 143 Å². The molecule has 60 heavy (non-hydrogen) atoms. The van der Waals surface area contributed by atoms with Crippen LogP contribution in [0.5, 0.6) is 0 Å². The smallest absolute Gasteiger partial charge is 0.232 e. The van der Waals surface area contributed by atoms with E-state index in [4.69, 9.17) is 15.9 Å². The highest BCUT2D eigenvalue weighted by Gasteiger charge is 2.44. The van der Waals surface area contributed by atoms with Gasteiger partial charge in [-0.25, -0.2) is 0 Å². The summed E-state index contributed by atoms with van der Waals surface area (Å²) in [5, 5.41) is 55.4. The molecule has 0 bridgehead atoms. The van der Waals surface area contributed by atoms with Gasteiger partial charge in [0.2, 0.25) is 5.91 Å². The normalized spacial score (nSPS) is 17.9. The second kappa shape index (κ2) is 36.3. The zero-order valence-electron chi connectivity index (χ0n) is 33.9. The molecule has 9 nitrogen and oxygen atoms in total. The van der Waals surface area contributed by atoms with Crippen LogP contribution in [0.25, 0.3) is 0 Å². The topological polar surface area (TPSA) is 149 Å². The number of rotatable bonds is 21. The Balaban J connectivity index is 2.69. The van der Waals surface area contributed by atoms with Crippen LogP contribution >= 0.6 is 12.6 Å². The summed E-state index contributed by atoms with van der Waals surface area (Å²) < 4.78 is 11.2. The van der Waals surface area contributed by atoms with Gasteiger partial charge in [-0.2, -0.15) is 12.6 Å². The van der Waals surface area contributed by atoms with Gasteiger partial charge < -0.3 is 40.3 Å². The van der Waals surface area contributed by atoms with E-state index < -0.39 is 61.5 Å². The molecule has 1 heterocycles. The lowest BCUT2D eigenvalue weighted by atomic mass is 9.98. The summed E-state index contributed by atoms with van der Waals surface area (Å²) in [5.41, 5.74) is 0. The number of carbonyl (C=O) groups excluding carboxylic acids is 1. The van der Waals surface area contributed by atoms with E-state index in [1.165, 1.54) is 51.4 Å². The Kier molecular flexibility index (Phi) is 31.7. The third-order valence-corrected chi connectivity index (χ3v) is 8.81. The van der Waals surface area contributed by atoms with E-state index in [0.29, 0.717) is 12.8 Å². The molecule has 0 radical (unpaired) electrons. The van der Waals surface area contributed by atoms with Crippen molar-refractivity contribution >= 4 is 18.5 Å². The number of aliphatic hydroxyl groups excluding tert-OH is 5. The fourth-order valence-electron chi connectivity index (χ4n) is 5.32. The van der Waals surface area contributed by atoms with Gasteiger partial charge >= 0.3 is 0 Å². The molecule has 2 unspecified atom stereocenters. The molecule has 6 N–H and O–H groups in total. The maximum atomic E-state index is 12.8. The third kappa shape index (κ3) is 26.3. The zero-order chi connectivity index (χ0) is 43.9. The number of nitrogens with one attached hydrogen (secondary N) is 1. The van der Waals surface area contributed by atoms with E-state index in [0.717, 1.165) is 19.3 Å². The lowest BCUT2D eigenvalue weighted by Gasteiger charge is -2.40. The van der Waals surface area contributed by atoms with Crippen LogP contribution < -0.4 is 5.32 Å². The standard InChI is InChI=1S/C50H51NO8S/c1-3-5-7-9-11-13-15-17-18-19-20-21-22-23-24-25-26-27-29-31-33-35-37-39-45(53)51-42(40-58-50-49(57)48(56)47(55)44(41-60)59-50)46(54)43(52)38-36-34-32-30-28-16-14-12-10-8-6-4-2/h1,42-44,46-50,52,54-57,60H,4,6,8,10,12,14,16,28,30,32,34,36,38-41H2,2H3,(H,51,53)/t42-,43+,44?,46-,47-,48?,49-,50-/m0/s1. The Labute approximate surface area is 363 Å². The summed E-state index contributed by atoms with van der Waals surface area (Å²) in [6.45, 7) is 1.82. The van der Waals surface area contributed by atoms with Gasteiger partial charge in [-0.1, -0.05) is 89.9 Å². The molecule has 1 rings (SSSR count). The Morgan fingerprint density at radius 2 is 1.05 bits per heavy atom. The van der Waals surface area contributed by atoms with E-state index in [-0.39, 0.29) is 12.2 Å². The summed E-state index contributed by atoms with van der Waals surface area (Å²) in [6.07, 6.45) is 9.33. The second-order valence-corrected chi connectivity index (χ2v) is 13.4. The average Bonchev–Trinajstić information content (AvgIpc) is 3.25. The summed E-state index contributed by atoms with van der Waals surface area (Å²) in [5.74, 6) is 56.0. The first-order valence-corrected chi connectivity index (χ1v) is 20.4. The molecular weight excluding hydrogens is 775 g/mol. The van der Waals surface area contributed by atoms with E-state index in [1.807, 2.05) is 0 Å². The SMILES string of the molecule is C#CC#CC#CC#CC#CC#CC#CC#CC#CC#CC#CC#CCC(=O)N[C@@H](CO[C@H]1OC(CS)[C@H](O)C(O)[C@@H]1O)[C@H](O)[C@H](O)CCCCCCCCCCCCCC. The van der Waals surface area contributed by atoms with Crippen molar-refractivity contribution in [3.05, 3.63) is 0 Å². The van der Waals surface area contributed by atoms with Crippen molar-refractivity contribution in [2.75, 3.05) is 12.4 Å². The molecule has 0 aromatic carbocycles. The van der Waals surface area contributed by atoms with Crippen LogP contribution in [-0.2, 0) is 14.3 Å². The van der Waals surface area contributed by atoms with Gasteiger partial charge in [0, 0.05) is 41.3 Å². The Hall–Kier alpha value is -5.74. The Bertz CT molecular complexity index is 2110. The van der Waals surface area contributed by atoms with Crippen molar-refractivity contribution in [1.82, 2.24) is 5.32 Å². The highest BCUT2D eigenvalue weighted by molar-refractivity contribution is 7.80. The second-order valence-electron chi connectivity index (χ2n) is 13.1. The summed E-state index contributed by atoms with van der Waals surface area (Å²) in [4.78, 5) is 12.8. The Morgan fingerprint density at radius 1 is 0.633 bits per heavy atom. The number of thiol groups is 1.